The highest BCUT2D eigenvalue weighted by Crippen LogP contribution is 2.29. The Bertz CT molecular complexity index is 1060. The van der Waals surface area contributed by atoms with Gasteiger partial charge < -0.3 is 10.1 Å². The summed E-state index contributed by atoms with van der Waals surface area (Å²) in [7, 11) is 1.63. The number of aryl methyl sites for hydroxylation is 1. The lowest BCUT2D eigenvalue weighted by Crippen LogP contribution is -2.31. The van der Waals surface area contributed by atoms with E-state index in [-0.39, 0.29) is 11.9 Å². The van der Waals surface area contributed by atoms with Crippen LogP contribution < -0.4 is 10.1 Å². The molecule has 2 aromatic carbocycles. The molecule has 3 aromatic rings. The van der Waals surface area contributed by atoms with Crippen LogP contribution in [0.5, 0.6) is 5.75 Å². The molecule has 7 heteroatoms. The molecule has 1 aliphatic rings. The molecule has 1 atom stereocenters. The third-order valence-electron chi connectivity index (χ3n) is 5.37. The number of hydrogen-bond acceptors (Lipinski definition) is 4. The number of benzene rings is 2. The highest BCUT2D eigenvalue weighted by Gasteiger charge is 2.21. The predicted octanol–water partition coefficient (Wildman–Crippen LogP) is 4.20. The van der Waals surface area contributed by atoms with Gasteiger partial charge in [0, 0.05) is 18.5 Å². The zero-order valence-corrected chi connectivity index (χ0v) is 17.2. The number of amides is 1. The Hall–Kier alpha value is -2.93. The van der Waals surface area contributed by atoms with E-state index in [9.17, 15) is 4.79 Å². The number of nitrogens with zero attached hydrogens (tertiary/aromatic N) is 2. The molecule has 0 fully saturated rings. The van der Waals surface area contributed by atoms with Crippen LogP contribution in [0, 0.1) is 4.77 Å². The summed E-state index contributed by atoms with van der Waals surface area (Å²) in [5.41, 5.74) is 3.49. The average Bonchev–Trinajstić information content (AvgIpc) is 3.13. The van der Waals surface area contributed by atoms with E-state index in [1.807, 2.05) is 34.9 Å². The maximum Gasteiger partial charge on any atom is 0.222 e. The van der Waals surface area contributed by atoms with E-state index in [1.54, 1.807) is 7.11 Å². The van der Waals surface area contributed by atoms with E-state index in [1.165, 1.54) is 11.1 Å². The van der Waals surface area contributed by atoms with Crippen molar-refractivity contribution in [2.24, 2.45) is 0 Å². The second kappa shape index (κ2) is 8.61. The molecule has 0 unspecified atom stereocenters. The molecule has 0 aliphatic heterocycles. The normalized spacial score (nSPS) is 15.6. The summed E-state index contributed by atoms with van der Waals surface area (Å²) in [6.45, 7) is 0.469. The first-order valence-corrected chi connectivity index (χ1v) is 10.2. The second-order valence-electron chi connectivity index (χ2n) is 7.19. The van der Waals surface area contributed by atoms with Gasteiger partial charge in [-0.05, 0) is 66.9 Å². The Morgan fingerprint density at radius 1 is 1.28 bits per heavy atom. The lowest BCUT2D eigenvalue weighted by molar-refractivity contribution is -0.122. The first kappa shape index (κ1) is 19.4. The molecule has 2 N–H and O–H groups in total. The minimum atomic E-state index is 0.0236. The molecular formula is C22H24N4O2S. The number of carbonyl (C=O) groups excluding carboxylic acids is 1. The number of fused-ring (bicyclic) bond motifs is 1. The number of nitrogens with one attached hydrogen (secondary N) is 2. The van der Waals surface area contributed by atoms with Crippen LogP contribution in [0.4, 0.5) is 0 Å². The van der Waals surface area contributed by atoms with E-state index in [2.05, 4.69) is 33.7 Å². The van der Waals surface area contributed by atoms with E-state index >= 15 is 0 Å². The van der Waals surface area contributed by atoms with E-state index in [4.69, 9.17) is 17.0 Å². The molecule has 6 nitrogen and oxygen atoms in total. The molecule has 1 heterocycles. The van der Waals surface area contributed by atoms with Crippen molar-refractivity contribution in [1.82, 2.24) is 20.1 Å². The molecule has 0 saturated heterocycles. The molecule has 29 heavy (non-hydrogen) atoms. The smallest absolute Gasteiger partial charge is 0.222 e. The molecule has 0 radical (unpaired) electrons. The minimum Gasteiger partial charge on any atom is -0.497 e. The summed E-state index contributed by atoms with van der Waals surface area (Å²) < 4.78 is 7.58. The molecule has 0 spiro atoms. The van der Waals surface area contributed by atoms with Crippen molar-refractivity contribution in [2.75, 3.05) is 7.11 Å². The first-order valence-electron chi connectivity index (χ1n) is 9.82. The molecular weight excluding hydrogens is 384 g/mol. The first-order chi connectivity index (χ1) is 14.2. The number of aromatic amines is 1. The SMILES string of the molecule is COc1ccc(-c2n[nH]c(=S)n2CCC(=O)N[C@H]2CCCc3ccccc32)cc1. The minimum absolute atomic E-state index is 0.0236. The topological polar surface area (TPSA) is 71.9 Å². The Morgan fingerprint density at radius 3 is 2.86 bits per heavy atom. The summed E-state index contributed by atoms with van der Waals surface area (Å²) in [4.78, 5) is 12.7. The van der Waals surface area contributed by atoms with Gasteiger partial charge in [0.15, 0.2) is 10.6 Å². The third-order valence-corrected chi connectivity index (χ3v) is 5.69. The number of ether oxygens (including phenoxy) is 1. The maximum atomic E-state index is 12.7. The largest absolute Gasteiger partial charge is 0.497 e. The Labute approximate surface area is 174 Å². The van der Waals surface area contributed by atoms with Crippen LogP contribution in [-0.4, -0.2) is 27.8 Å². The van der Waals surface area contributed by atoms with Gasteiger partial charge in [-0.25, -0.2) is 0 Å². The van der Waals surface area contributed by atoms with Crippen molar-refractivity contribution in [3.63, 3.8) is 0 Å². The van der Waals surface area contributed by atoms with Crippen molar-refractivity contribution in [1.29, 1.82) is 0 Å². The standard InChI is InChI=1S/C22H24N4O2S/c1-28-17-11-9-16(10-12-17)21-24-25-22(29)26(21)14-13-20(27)23-19-8-4-6-15-5-2-3-7-18(15)19/h2-3,5,7,9-12,19H,4,6,8,13-14H2,1H3,(H,23,27)(H,25,29)/t19-/m0/s1. The fourth-order valence-electron chi connectivity index (χ4n) is 3.87. The lowest BCUT2D eigenvalue weighted by atomic mass is 9.88. The maximum absolute atomic E-state index is 12.7. The summed E-state index contributed by atoms with van der Waals surface area (Å²) in [5.74, 6) is 1.52. The quantitative estimate of drug-likeness (QED) is 0.600. The van der Waals surface area contributed by atoms with Crippen molar-refractivity contribution in [2.45, 2.75) is 38.3 Å². The van der Waals surface area contributed by atoms with Crippen LogP contribution in [0.3, 0.4) is 0 Å². The second-order valence-corrected chi connectivity index (χ2v) is 7.58. The van der Waals surface area contributed by atoms with Gasteiger partial charge >= 0.3 is 0 Å². The van der Waals surface area contributed by atoms with Crippen molar-refractivity contribution < 1.29 is 9.53 Å². The van der Waals surface area contributed by atoms with Gasteiger partial charge in [-0.3, -0.25) is 14.5 Å². The fourth-order valence-corrected chi connectivity index (χ4v) is 4.09. The van der Waals surface area contributed by atoms with Crippen LogP contribution in [0.2, 0.25) is 0 Å². The average molecular weight is 409 g/mol. The summed E-state index contributed by atoms with van der Waals surface area (Å²) in [6.07, 6.45) is 3.50. The number of methoxy groups -OCH3 is 1. The Balaban J connectivity index is 1.44. The molecule has 0 saturated carbocycles. The van der Waals surface area contributed by atoms with Gasteiger partial charge in [0.05, 0.1) is 13.2 Å². The highest BCUT2D eigenvalue weighted by atomic mass is 32.1. The molecule has 1 aliphatic carbocycles. The third kappa shape index (κ3) is 4.24. The fraction of sp³-hybridized carbons (Fsp3) is 0.318. The van der Waals surface area contributed by atoms with Gasteiger partial charge in [0.25, 0.3) is 0 Å². The number of carbonyl (C=O) groups is 1. The summed E-state index contributed by atoms with van der Waals surface area (Å²) in [6, 6.07) is 16.1. The van der Waals surface area contributed by atoms with Gasteiger partial charge in [-0.1, -0.05) is 24.3 Å². The highest BCUT2D eigenvalue weighted by molar-refractivity contribution is 7.71. The van der Waals surface area contributed by atoms with Crippen molar-refractivity contribution in [3.8, 4) is 17.1 Å². The van der Waals surface area contributed by atoms with Crippen LogP contribution in [0.1, 0.15) is 36.4 Å². The Kier molecular flexibility index (Phi) is 5.76. The zero-order valence-electron chi connectivity index (χ0n) is 16.4. The van der Waals surface area contributed by atoms with E-state index < -0.39 is 0 Å². The van der Waals surface area contributed by atoms with Crippen LogP contribution in [0.15, 0.2) is 48.5 Å². The van der Waals surface area contributed by atoms with Crippen LogP contribution >= 0.6 is 12.2 Å². The van der Waals surface area contributed by atoms with Gasteiger partial charge in [0.2, 0.25) is 5.91 Å². The summed E-state index contributed by atoms with van der Waals surface area (Å²) >= 11 is 5.38. The van der Waals surface area contributed by atoms with E-state index in [0.717, 1.165) is 30.6 Å². The molecule has 4 rings (SSSR count). The number of rotatable bonds is 6. The van der Waals surface area contributed by atoms with Gasteiger partial charge in [-0.2, -0.15) is 5.10 Å². The molecule has 0 bridgehead atoms. The molecule has 1 aromatic heterocycles. The monoisotopic (exact) mass is 408 g/mol. The predicted molar refractivity (Wildman–Crippen MR) is 114 cm³/mol. The zero-order chi connectivity index (χ0) is 20.2. The number of H-pyrrole nitrogens is 1. The molecule has 150 valence electrons. The van der Waals surface area contributed by atoms with Crippen molar-refractivity contribution >= 4 is 18.1 Å². The van der Waals surface area contributed by atoms with Crippen LogP contribution in [-0.2, 0) is 17.8 Å². The molecule has 1 amide bonds. The summed E-state index contributed by atoms with van der Waals surface area (Å²) in [5, 5.41) is 10.4. The Morgan fingerprint density at radius 2 is 2.07 bits per heavy atom. The van der Waals surface area contributed by atoms with E-state index in [0.29, 0.717) is 23.6 Å². The number of hydrogen-bond donors (Lipinski definition) is 2. The van der Waals surface area contributed by atoms with Crippen LogP contribution in [0.25, 0.3) is 11.4 Å². The lowest BCUT2D eigenvalue weighted by Gasteiger charge is -2.26. The van der Waals surface area contributed by atoms with Gasteiger partial charge in [-0.15, -0.1) is 0 Å². The van der Waals surface area contributed by atoms with Gasteiger partial charge in [0.1, 0.15) is 5.75 Å². The van der Waals surface area contributed by atoms with Crippen molar-refractivity contribution in [3.05, 3.63) is 64.4 Å². The number of aromatic nitrogens is 3.